The Morgan fingerprint density at radius 1 is 1.47 bits per heavy atom. The van der Waals surface area contributed by atoms with E-state index in [0.29, 0.717) is 11.1 Å². The van der Waals surface area contributed by atoms with Gasteiger partial charge in [0.2, 0.25) is 0 Å². The van der Waals surface area contributed by atoms with Crippen LogP contribution in [0.3, 0.4) is 0 Å². The van der Waals surface area contributed by atoms with Crippen LogP contribution in [0.4, 0.5) is 0 Å². The molecule has 0 aliphatic carbocycles. The Labute approximate surface area is 108 Å². The molecule has 2 nitrogen and oxygen atoms in total. The van der Waals surface area contributed by atoms with Gasteiger partial charge in [0.05, 0.1) is 11.6 Å². The van der Waals surface area contributed by atoms with E-state index in [-0.39, 0.29) is 0 Å². The van der Waals surface area contributed by atoms with Crippen LogP contribution in [0.25, 0.3) is 0 Å². The Kier molecular flexibility index (Phi) is 4.69. The predicted octanol–water partition coefficient (Wildman–Crippen LogP) is 3.56. The summed E-state index contributed by atoms with van der Waals surface area (Å²) in [4.78, 5) is 0. The molecule has 1 N–H and O–H groups in total. The van der Waals surface area contributed by atoms with Crippen LogP contribution in [0.5, 0.6) is 5.75 Å². The lowest BCUT2D eigenvalue weighted by Gasteiger charge is -2.11. The molecule has 0 radical (unpaired) electrons. The number of rotatable bonds is 5. The summed E-state index contributed by atoms with van der Waals surface area (Å²) >= 11 is 6.06. The number of hydrogen-bond acceptors (Lipinski definition) is 2. The smallest absolute Gasteiger partial charge is 0.138 e. The van der Waals surface area contributed by atoms with Gasteiger partial charge in [0.25, 0.3) is 0 Å². The van der Waals surface area contributed by atoms with E-state index in [1.807, 2.05) is 25.1 Å². The molecule has 1 aromatic rings. The van der Waals surface area contributed by atoms with Gasteiger partial charge in [0.15, 0.2) is 0 Å². The molecule has 2 rings (SSSR count). The second-order valence-electron chi connectivity index (χ2n) is 4.72. The molecule has 1 atom stereocenters. The van der Waals surface area contributed by atoms with Crippen LogP contribution >= 0.6 is 11.6 Å². The summed E-state index contributed by atoms with van der Waals surface area (Å²) in [5, 5.41) is 4.20. The zero-order valence-electron chi connectivity index (χ0n) is 10.3. The molecular weight excluding hydrogens is 234 g/mol. The average Bonchev–Trinajstić information content (AvgIpc) is 2.82. The van der Waals surface area contributed by atoms with E-state index in [4.69, 9.17) is 16.3 Å². The predicted molar refractivity (Wildman–Crippen MR) is 71.9 cm³/mol. The molecule has 1 fully saturated rings. The van der Waals surface area contributed by atoms with Crippen LogP contribution in [-0.4, -0.2) is 19.2 Å². The Hall–Kier alpha value is -0.730. The Morgan fingerprint density at radius 2 is 2.35 bits per heavy atom. The molecule has 0 amide bonds. The van der Waals surface area contributed by atoms with Crippen LogP contribution in [0, 0.1) is 6.92 Å². The number of nitrogens with one attached hydrogen (secondary N) is 1. The summed E-state index contributed by atoms with van der Waals surface area (Å²) in [5.41, 5.74) is 1.18. The van der Waals surface area contributed by atoms with Gasteiger partial charge >= 0.3 is 0 Å². The molecular formula is C14H20ClNO. The van der Waals surface area contributed by atoms with Crippen molar-refractivity contribution < 1.29 is 4.74 Å². The van der Waals surface area contributed by atoms with Gasteiger partial charge in [-0.05, 0) is 56.8 Å². The van der Waals surface area contributed by atoms with E-state index < -0.39 is 0 Å². The maximum atomic E-state index is 6.06. The normalized spacial score (nSPS) is 19.5. The lowest BCUT2D eigenvalue weighted by Crippen LogP contribution is -2.21. The quantitative estimate of drug-likeness (QED) is 0.811. The first-order valence-corrected chi connectivity index (χ1v) is 6.76. The fraction of sp³-hybridized carbons (Fsp3) is 0.571. The van der Waals surface area contributed by atoms with Gasteiger partial charge in [-0.25, -0.2) is 0 Å². The van der Waals surface area contributed by atoms with Gasteiger partial charge in [-0.1, -0.05) is 17.7 Å². The van der Waals surface area contributed by atoms with Crippen molar-refractivity contribution in [3.63, 3.8) is 0 Å². The first-order valence-electron chi connectivity index (χ1n) is 6.38. The van der Waals surface area contributed by atoms with Gasteiger partial charge < -0.3 is 10.1 Å². The lowest BCUT2D eigenvalue weighted by atomic mass is 10.1. The molecule has 17 heavy (non-hydrogen) atoms. The largest absolute Gasteiger partial charge is 0.492 e. The summed E-state index contributed by atoms with van der Waals surface area (Å²) < 4.78 is 5.72. The van der Waals surface area contributed by atoms with Gasteiger partial charge in [-0.15, -0.1) is 0 Å². The molecule has 0 saturated carbocycles. The highest BCUT2D eigenvalue weighted by Gasteiger charge is 2.13. The second-order valence-corrected chi connectivity index (χ2v) is 5.13. The molecule has 1 unspecified atom stereocenters. The number of benzene rings is 1. The molecule has 3 heteroatoms. The average molecular weight is 254 g/mol. The highest BCUT2D eigenvalue weighted by molar-refractivity contribution is 6.32. The molecule has 0 aromatic heterocycles. The van der Waals surface area contributed by atoms with Crippen molar-refractivity contribution in [3.8, 4) is 5.75 Å². The van der Waals surface area contributed by atoms with Gasteiger partial charge in [-0.2, -0.15) is 0 Å². The monoisotopic (exact) mass is 253 g/mol. The molecule has 1 heterocycles. The van der Waals surface area contributed by atoms with Crippen molar-refractivity contribution >= 4 is 11.6 Å². The zero-order valence-corrected chi connectivity index (χ0v) is 11.1. The minimum atomic E-state index is 0.701. The molecule has 1 saturated heterocycles. The van der Waals surface area contributed by atoms with E-state index in [1.54, 1.807) is 0 Å². The molecule has 1 aliphatic heterocycles. The van der Waals surface area contributed by atoms with Crippen molar-refractivity contribution in [2.24, 2.45) is 0 Å². The minimum Gasteiger partial charge on any atom is -0.492 e. The fourth-order valence-electron chi connectivity index (χ4n) is 2.24. The Morgan fingerprint density at radius 3 is 3.12 bits per heavy atom. The Balaban J connectivity index is 1.72. The molecule has 0 bridgehead atoms. The van der Waals surface area contributed by atoms with Gasteiger partial charge in [0.1, 0.15) is 5.75 Å². The first kappa shape index (κ1) is 12.7. The van der Waals surface area contributed by atoms with Crippen LogP contribution in [0.15, 0.2) is 18.2 Å². The van der Waals surface area contributed by atoms with Crippen molar-refractivity contribution in [3.05, 3.63) is 28.8 Å². The number of aryl methyl sites for hydroxylation is 1. The highest BCUT2D eigenvalue weighted by atomic mass is 35.5. The van der Waals surface area contributed by atoms with Crippen molar-refractivity contribution in [1.29, 1.82) is 0 Å². The van der Waals surface area contributed by atoms with Crippen LogP contribution in [0.2, 0.25) is 5.02 Å². The number of ether oxygens (including phenoxy) is 1. The topological polar surface area (TPSA) is 21.3 Å². The van der Waals surface area contributed by atoms with Crippen molar-refractivity contribution in [2.45, 2.75) is 38.6 Å². The fourth-order valence-corrected chi connectivity index (χ4v) is 2.41. The van der Waals surface area contributed by atoms with E-state index in [0.717, 1.165) is 18.8 Å². The van der Waals surface area contributed by atoms with E-state index >= 15 is 0 Å². The summed E-state index contributed by atoms with van der Waals surface area (Å²) in [6, 6.07) is 6.59. The maximum absolute atomic E-state index is 6.06. The summed E-state index contributed by atoms with van der Waals surface area (Å²) in [7, 11) is 0. The van der Waals surface area contributed by atoms with Crippen LogP contribution in [0.1, 0.15) is 31.2 Å². The van der Waals surface area contributed by atoms with E-state index in [9.17, 15) is 0 Å². The SMILES string of the molecule is Cc1ccc(Cl)c(OCCCC2CCCN2)c1. The van der Waals surface area contributed by atoms with Gasteiger partial charge in [0, 0.05) is 6.04 Å². The third-order valence-electron chi connectivity index (χ3n) is 3.20. The zero-order chi connectivity index (χ0) is 12.1. The van der Waals surface area contributed by atoms with Crippen LogP contribution < -0.4 is 10.1 Å². The standard InChI is InChI=1S/C14H20ClNO/c1-11-6-7-13(15)14(10-11)17-9-3-5-12-4-2-8-16-12/h6-7,10,12,16H,2-5,8-9H2,1H3. The third-order valence-corrected chi connectivity index (χ3v) is 3.52. The van der Waals surface area contributed by atoms with Crippen molar-refractivity contribution in [1.82, 2.24) is 5.32 Å². The Bertz CT molecular complexity index is 361. The first-order chi connectivity index (χ1) is 8.25. The summed E-state index contributed by atoms with van der Waals surface area (Å²) in [6.07, 6.45) is 4.91. The minimum absolute atomic E-state index is 0.701. The summed E-state index contributed by atoms with van der Waals surface area (Å²) in [5.74, 6) is 0.811. The van der Waals surface area contributed by atoms with E-state index in [2.05, 4.69) is 5.32 Å². The maximum Gasteiger partial charge on any atom is 0.138 e. The number of hydrogen-bond donors (Lipinski definition) is 1. The second kappa shape index (κ2) is 6.27. The third kappa shape index (κ3) is 3.90. The molecule has 94 valence electrons. The lowest BCUT2D eigenvalue weighted by molar-refractivity contribution is 0.299. The number of halogens is 1. The highest BCUT2D eigenvalue weighted by Crippen LogP contribution is 2.25. The summed E-state index contributed by atoms with van der Waals surface area (Å²) in [6.45, 7) is 3.97. The molecule has 0 spiro atoms. The molecule has 1 aliphatic rings. The van der Waals surface area contributed by atoms with Gasteiger partial charge in [-0.3, -0.25) is 0 Å². The molecule has 1 aromatic carbocycles. The van der Waals surface area contributed by atoms with Crippen molar-refractivity contribution in [2.75, 3.05) is 13.2 Å². The van der Waals surface area contributed by atoms with E-state index in [1.165, 1.54) is 31.4 Å². The van der Waals surface area contributed by atoms with Crippen LogP contribution in [-0.2, 0) is 0 Å².